The zero-order valence-corrected chi connectivity index (χ0v) is 26.2. The molecule has 0 spiro atoms. The van der Waals surface area contributed by atoms with Crippen molar-refractivity contribution in [3.05, 3.63) is 77.6 Å². The van der Waals surface area contributed by atoms with Crippen molar-refractivity contribution in [3.8, 4) is 22.1 Å². The number of nitrogens with one attached hydrogen (secondary N) is 2. The van der Waals surface area contributed by atoms with Crippen LogP contribution in [0.3, 0.4) is 0 Å². The molecule has 1 atom stereocenters. The van der Waals surface area contributed by atoms with Gasteiger partial charge in [-0.05, 0) is 70.4 Å². The van der Waals surface area contributed by atoms with Crippen LogP contribution in [0.15, 0.2) is 66.3 Å². The Morgan fingerprint density at radius 1 is 1.07 bits per heavy atom. The molecule has 2 aromatic heterocycles. The molecule has 1 aliphatic heterocycles. The van der Waals surface area contributed by atoms with Gasteiger partial charge in [-0.15, -0.1) is 11.3 Å². The first-order valence-electron chi connectivity index (χ1n) is 14.6. The standard InChI is InChI=1S/C32H33F3N6O4S/c1-31(2,3)45-30(43)36-15-14-21-8-7-17-41(21)27-23(39-28(42)24-19-46-29(40-24)20-13-16-37-38-18-20)11-12-25(26(27)32(33,34)35)44-22-9-5-4-6-10-22/h4-6,9-13,16,18-19,21H,7-8,14-15,17H2,1-3H3,(H,36,43)(H,39,42)/t21-/m1/s1. The van der Waals surface area contributed by atoms with E-state index in [4.69, 9.17) is 9.47 Å². The van der Waals surface area contributed by atoms with Gasteiger partial charge in [-0.3, -0.25) is 4.79 Å². The van der Waals surface area contributed by atoms with Gasteiger partial charge in [0.2, 0.25) is 0 Å². The smallest absolute Gasteiger partial charge is 0.422 e. The summed E-state index contributed by atoms with van der Waals surface area (Å²) in [5.41, 5.74) is -1.25. The van der Waals surface area contributed by atoms with Crippen LogP contribution in [0.2, 0.25) is 0 Å². The Balaban J connectivity index is 1.49. The minimum Gasteiger partial charge on any atom is -0.457 e. The maximum atomic E-state index is 15.0. The fraction of sp³-hybridized carbons (Fsp3) is 0.344. The Hall–Kier alpha value is -4.72. The predicted octanol–water partition coefficient (Wildman–Crippen LogP) is 7.55. The fourth-order valence-corrected chi connectivity index (χ4v) is 5.94. The summed E-state index contributed by atoms with van der Waals surface area (Å²) in [7, 11) is 0. The fourth-order valence-electron chi connectivity index (χ4n) is 5.15. The Labute approximate surface area is 268 Å². The van der Waals surface area contributed by atoms with Crippen LogP contribution >= 0.6 is 11.3 Å². The van der Waals surface area contributed by atoms with E-state index in [1.807, 2.05) is 0 Å². The van der Waals surface area contributed by atoms with E-state index in [1.54, 1.807) is 62.1 Å². The van der Waals surface area contributed by atoms with Gasteiger partial charge < -0.3 is 25.0 Å². The predicted molar refractivity (Wildman–Crippen MR) is 168 cm³/mol. The molecule has 4 aromatic rings. The van der Waals surface area contributed by atoms with E-state index in [0.29, 0.717) is 36.4 Å². The number of alkyl halides is 3. The van der Waals surface area contributed by atoms with Crippen molar-refractivity contribution in [2.75, 3.05) is 23.3 Å². The summed E-state index contributed by atoms with van der Waals surface area (Å²) < 4.78 is 56.1. The average Bonchev–Trinajstić information content (AvgIpc) is 3.68. The van der Waals surface area contributed by atoms with Gasteiger partial charge in [0, 0.05) is 30.1 Å². The van der Waals surface area contributed by atoms with Crippen molar-refractivity contribution >= 4 is 34.7 Å². The molecule has 0 unspecified atom stereocenters. The number of carbonyl (C=O) groups is 2. The first-order valence-corrected chi connectivity index (χ1v) is 15.5. The summed E-state index contributed by atoms with van der Waals surface area (Å²) in [6.07, 6.45) is -0.904. The van der Waals surface area contributed by atoms with Crippen molar-refractivity contribution < 1.29 is 32.2 Å². The van der Waals surface area contributed by atoms with Gasteiger partial charge in [0.25, 0.3) is 5.91 Å². The van der Waals surface area contributed by atoms with Gasteiger partial charge in [0.1, 0.15) is 33.4 Å². The van der Waals surface area contributed by atoms with Crippen molar-refractivity contribution in [1.82, 2.24) is 20.5 Å². The number of benzene rings is 2. The average molecular weight is 655 g/mol. The van der Waals surface area contributed by atoms with Crippen LogP contribution in [-0.2, 0) is 10.9 Å². The van der Waals surface area contributed by atoms with Crippen LogP contribution in [0.25, 0.3) is 10.6 Å². The molecular formula is C32H33F3N6O4S. The second-order valence-corrected chi connectivity index (χ2v) is 12.4. The molecular weight excluding hydrogens is 621 g/mol. The van der Waals surface area contributed by atoms with Crippen LogP contribution in [-0.4, -0.2) is 51.9 Å². The van der Waals surface area contributed by atoms with Gasteiger partial charge in [-0.1, -0.05) is 18.2 Å². The molecule has 1 aliphatic rings. The second kappa shape index (κ2) is 13.7. The number of hydrogen-bond donors (Lipinski definition) is 2. The molecule has 1 fully saturated rings. The lowest BCUT2D eigenvalue weighted by atomic mass is 10.0. The first kappa shape index (κ1) is 32.7. The number of nitrogens with zero attached hydrogens (tertiary/aromatic N) is 4. The number of amides is 2. The van der Waals surface area contributed by atoms with Crippen LogP contribution in [0.5, 0.6) is 11.5 Å². The van der Waals surface area contributed by atoms with Gasteiger partial charge in [-0.2, -0.15) is 23.4 Å². The number of carbonyl (C=O) groups excluding carboxylic acids is 2. The number of thiazole rings is 1. The lowest BCUT2D eigenvalue weighted by Gasteiger charge is -2.32. The molecule has 0 aliphatic carbocycles. The largest absolute Gasteiger partial charge is 0.457 e. The van der Waals surface area contributed by atoms with E-state index in [2.05, 4.69) is 25.8 Å². The highest BCUT2D eigenvalue weighted by atomic mass is 32.1. The van der Waals surface area contributed by atoms with Gasteiger partial charge in [0.05, 0.1) is 23.8 Å². The molecule has 2 amide bonds. The molecule has 2 N–H and O–H groups in total. The molecule has 3 heterocycles. The Kier molecular flexibility index (Phi) is 9.75. The summed E-state index contributed by atoms with van der Waals surface area (Å²) in [5, 5.41) is 15.0. The summed E-state index contributed by atoms with van der Waals surface area (Å²) in [5.74, 6) is -0.834. The number of halogens is 3. The SMILES string of the molecule is CC(C)(C)OC(=O)NCC[C@H]1CCCN1c1c(NC(=O)c2csc(-c3ccnnc3)n2)ccc(Oc2ccccc2)c1C(F)(F)F. The van der Waals surface area contributed by atoms with E-state index in [-0.39, 0.29) is 35.4 Å². The van der Waals surface area contributed by atoms with Crippen LogP contribution in [0.1, 0.15) is 56.1 Å². The van der Waals surface area contributed by atoms with Crippen LogP contribution in [0, 0.1) is 0 Å². The highest BCUT2D eigenvalue weighted by molar-refractivity contribution is 7.13. The monoisotopic (exact) mass is 654 g/mol. The summed E-state index contributed by atoms with van der Waals surface area (Å²) in [6, 6.07) is 12.1. The molecule has 0 bridgehead atoms. The number of ether oxygens (including phenoxy) is 2. The lowest BCUT2D eigenvalue weighted by molar-refractivity contribution is -0.138. The van der Waals surface area contributed by atoms with Crippen molar-refractivity contribution in [2.24, 2.45) is 0 Å². The molecule has 5 rings (SSSR count). The van der Waals surface area contributed by atoms with Crippen LogP contribution in [0.4, 0.5) is 29.3 Å². The molecule has 0 saturated carbocycles. The van der Waals surface area contributed by atoms with Crippen molar-refractivity contribution in [3.63, 3.8) is 0 Å². The van der Waals surface area contributed by atoms with Gasteiger partial charge in [-0.25, -0.2) is 9.78 Å². The second-order valence-electron chi connectivity index (χ2n) is 11.6. The van der Waals surface area contributed by atoms with Crippen LogP contribution < -0.4 is 20.3 Å². The zero-order chi connectivity index (χ0) is 32.9. The zero-order valence-electron chi connectivity index (χ0n) is 25.4. The minimum atomic E-state index is -4.84. The minimum absolute atomic E-state index is 0.0372. The lowest BCUT2D eigenvalue weighted by Crippen LogP contribution is -2.37. The Morgan fingerprint density at radius 2 is 1.85 bits per heavy atom. The molecule has 0 radical (unpaired) electrons. The van der Waals surface area contributed by atoms with E-state index in [1.165, 1.54) is 41.2 Å². The highest BCUT2D eigenvalue weighted by Gasteiger charge is 2.42. The molecule has 10 nitrogen and oxygen atoms in total. The number of anilines is 2. The first-order chi connectivity index (χ1) is 21.9. The molecule has 46 heavy (non-hydrogen) atoms. The topological polar surface area (TPSA) is 119 Å². The molecule has 14 heteroatoms. The summed E-state index contributed by atoms with van der Waals surface area (Å²) >= 11 is 1.20. The number of hydrogen-bond acceptors (Lipinski definition) is 9. The summed E-state index contributed by atoms with van der Waals surface area (Å²) in [6.45, 7) is 5.71. The molecule has 242 valence electrons. The Bertz CT molecular complexity index is 1660. The Morgan fingerprint density at radius 3 is 2.54 bits per heavy atom. The maximum Gasteiger partial charge on any atom is 0.422 e. The van der Waals surface area contributed by atoms with Gasteiger partial charge >= 0.3 is 12.3 Å². The molecule has 2 aromatic carbocycles. The summed E-state index contributed by atoms with van der Waals surface area (Å²) in [4.78, 5) is 31.6. The highest BCUT2D eigenvalue weighted by Crippen LogP contribution is 2.49. The third-order valence-corrected chi connectivity index (χ3v) is 7.91. The number of para-hydroxylation sites is 1. The number of aromatic nitrogens is 3. The van der Waals surface area contributed by atoms with E-state index in [9.17, 15) is 9.59 Å². The van der Waals surface area contributed by atoms with E-state index < -0.39 is 35.1 Å². The quantitative estimate of drug-likeness (QED) is 0.190. The van der Waals surface area contributed by atoms with E-state index >= 15 is 13.2 Å². The third kappa shape index (κ3) is 8.10. The van der Waals surface area contributed by atoms with E-state index in [0.717, 1.165) is 0 Å². The third-order valence-electron chi connectivity index (χ3n) is 7.02. The molecule has 1 saturated heterocycles. The van der Waals surface area contributed by atoms with Gasteiger partial charge in [0.15, 0.2) is 0 Å². The van der Waals surface area contributed by atoms with Crippen molar-refractivity contribution in [2.45, 2.75) is 57.9 Å². The van der Waals surface area contributed by atoms with Crippen molar-refractivity contribution in [1.29, 1.82) is 0 Å². The number of rotatable bonds is 9. The normalized spacial score (nSPS) is 15.0. The maximum absolute atomic E-state index is 15.0. The number of alkyl carbamates (subject to hydrolysis) is 1.